The molecule has 0 bridgehead atoms. The summed E-state index contributed by atoms with van der Waals surface area (Å²) in [7, 11) is 0. The molecule has 1 aromatic carbocycles. The quantitative estimate of drug-likeness (QED) is 0.179. The number of esters is 3. The van der Waals surface area contributed by atoms with Crippen molar-refractivity contribution in [2.24, 2.45) is 17.6 Å². The lowest BCUT2D eigenvalue weighted by atomic mass is 10.1. The molecule has 0 aliphatic carbocycles. The molecule has 0 amide bonds. The van der Waals surface area contributed by atoms with Crippen LogP contribution in [0, 0.1) is 11.8 Å². The van der Waals surface area contributed by atoms with Crippen molar-refractivity contribution in [3.8, 4) is 11.5 Å². The first-order chi connectivity index (χ1) is 17.9. The highest BCUT2D eigenvalue weighted by Gasteiger charge is 2.22. The summed E-state index contributed by atoms with van der Waals surface area (Å²) >= 11 is 0. The van der Waals surface area contributed by atoms with Crippen molar-refractivity contribution in [2.45, 2.75) is 92.2 Å². The first-order valence-corrected chi connectivity index (χ1v) is 13.2. The summed E-state index contributed by atoms with van der Waals surface area (Å²) in [5.41, 5.74) is 6.61. The number of hydrogen-bond acceptors (Lipinski definition) is 10. The van der Waals surface area contributed by atoms with E-state index in [0.29, 0.717) is 5.56 Å². The minimum atomic E-state index is -1.04. The van der Waals surface area contributed by atoms with E-state index in [-0.39, 0.29) is 55.8 Å². The zero-order chi connectivity index (χ0) is 28.7. The van der Waals surface area contributed by atoms with Gasteiger partial charge in [0.2, 0.25) is 0 Å². The van der Waals surface area contributed by atoms with Crippen LogP contribution in [0.2, 0.25) is 0 Å². The molecule has 10 heteroatoms. The maximum atomic E-state index is 12.5. The Hall–Kier alpha value is -3.14. The molecule has 2 atom stereocenters. The van der Waals surface area contributed by atoms with E-state index in [9.17, 15) is 19.2 Å². The summed E-state index contributed by atoms with van der Waals surface area (Å²) in [5, 5.41) is 0. The second-order valence-electron chi connectivity index (χ2n) is 10.1. The summed E-state index contributed by atoms with van der Waals surface area (Å²) < 4.78 is 26.1. The van der Waals surface area contributed by atoms with Gasteiger partial charge in [-0.3, -0.25) is 14.4 Å². The fraction of sp³-hybridized carbons (Fsp3) is 0.643. The van der Waals surface area contributed by atoms with Gasteiger partial charge >= 0.3 is 24.1 Å². The molecule has 0 saturated carbocycles. The van der Waals surface area contributed by atoms with Crippen LogP contribution in [0.15, 0.2) is 18.2 Å². The van der Waals surface area contributed by atoms with E-state index in [2.05, 4.69) is 0 Å². The Balaban J connectivity index is 2.76. The maximum Gasteiger partial charge on any atom is 0.508 e. The first-order valence-electron chi connectivity index (χ1n) is 13.2. The average molecular weight is 538 g/mol. The molecule has 0 aromatic heterocycles. The van der Waals surface area contributed by atoms with Crippen molar-refractivity contribution >= 4 is 24.1 Å². The molecular formula is C28H43NO9. The molecule has 0 fully saturated rings. The van der Waals surface area contributed by atoms with Crippen molar-refractivity contribution in [3.63, 3.8) is 0 Å². The molecule has 38 heavy (non-hydrogen) atoms. The van der Waals surface area contributed by atoms with Crippen LogP contribution < -0.4 is 15.2 Å². The number of carbonyl (C=O) groups excluding carboxylic acids is 4. The topological polar surface area (TPSA) is 140 Å². The number of nitrogens with two attached hydrogens (primary N) is 1. The third kappa shape index (κ3) is 14.0. The zero-order valence-electron chi connectivity index (χ0n) is 23.4. The fourth-order valence-electron chi connectivity index (χ4n) is 3.23. The maximum absolute atomic E-state index is 12.5. The van der Waals surface area contributed by atoms with Gasteiger partial charge in [-0.15, -0.1) is 0 Å². The van der Waals surface area contributed by atoms with Crippen molar-refractivity contribution in [3.05, 3.63) is 23.8 Å². The SMILES string of the molecule is CCCCCOC(=O)OC[C@H](C)OC(=O)[C@@H](N)Cc1ccc(OC(=O)CC(C)C)c(OC(=O)CC(C)C)c1. The normalized spacial score (nSPS) is 12.6. The molecule has 2 N–H and O–H groups in total. The molecular weight excluding hydrogens is 494 g/mol. The molecule has 0 saturated heterocycles. The van der Waals surface area contributed by atoms with E-state index >= 15 is 0 Å². The van der Waals surface area contributed by atoms with E-state index in [1.54, 1.807) is 13.0 Å². The van der Waals surface area contributed by atoms with Crippen LogP contribution in [0.5, 0.6) is 11.5 Å². The van der Waals surface area contributed by atoms with E-state index < -0.39 is 36.2 Å². The number of unbranched alkanes of at least 4 members (excludes halogenated alkanes) is 2. The van der Waals surface area contributed by atoms with Gasteiger partial charge in [0, 0.05) is 12.8 Å². The van der Waals surface area contributed by atoms with E-state index in [0.717, 1.165) is 19.3 Å². The predicted molar refractivity (Wildman–Crippen MR) is 141 cm³/mol. The molecule has 10 nitrogen and oxygen atoms in total. The number of benzene rings is 1. The van der Waals surface area contributed by atoms with E-state index in [1.807, 2.05) is 34.6 Å². The summed E-state index contributed by atoms with van der Waals surface area (Å²) in [4.78, 5) is 48.6. The van der Waals surface area contributed by atoms with Gasteiger partial charge < -0.3 is 29.4 Å². The molecule has 0 radical (unpaired) electrons. The van der Waals surface area contributed by atoms with Gasteiger partial charge in [-0.25, -0.2) is 4.79 Å². The van der Waals surface area contributed by atoms with Crippen LogP contribution in [0.25, 0.3) is 0 Å². The van der Waals surface area contributed by atoms with E-state index in [1.165, 1.54) is 12.1 Å². The van der Waals surface area contributed by atoms with Gasteiger partial charge in [0.15, 0.2) is 11.5 Å². The van der Waals surface area contributed by atoms with Gasteiger partial charge in [-0.1, -0.05) is 53.5 Å². The van der Waals surface area contributed by atoms with Crippen molar-refractivity contribution < 1.29 is 42.9 Å². The lowest BCUT2D eigenvalue weighted by Gasteiger charge is -2.18. The Bertz CT molecular complexity index is 914. The standard InChI is InChI=1S/C28H43NO9/c1-7-8-9-12-34-28(33)35-17-20(6)36-27(32)22(29)15-21-10-11-23(37-25(30)13-18(2)3)24(16-21)38-26(31)14-19(4)5/h10-11,16,18-20,22H,7-9,12-15,17,29H2,1-6H3/t20-,22-/m0/s1. The van der Waals surface area contributed by atoms with Gasteiger partial charge in [0.1, 0.15) is 18.8 Å². The summed E-state index contributed by atoms with van der Waals surface area (Å²) in [5.74, 6) is -1.25. The average Bonchev–Trinajstić information content (AvgIpc) is 2.81. The molecule has 0 unspecified atom stereocenters. The second kappa shape index (κ2) is 17.4. The number of rotatable bonds is 16. The van der Waals surface area contributed by atoms with Crippen LogP contribution in [0.4, 0.5) is 4.79 Å². The largest absolute Gasteiger partial charge is 0.508 e. The predicted octanol–water partition coefficient (Wildman–Crippen LogP) is 4.73. The van der Waals surface area contributed by atoms with E-state index in [4.69, 9.17) is 29.4 Å². The lowest BCUT2D eigenvalue weighted by molar-refractivity contribution is -0.152. The Morgan fingerprint density at radius 3 is 2.03 bits per heavy atom. The molecule has 0 aliphatic rings. The Morgan fingerprint density at radius 1 is 0.842 bits per heavy atom. The highest BCUT2D eigenvalue weighted by atomic mass is 16.7. The Kier molecular flexibility index (Phi) is 15.0. The summed E-state index contributed by atoms with van der Waals surface area (Å²) in [6.45, 7) is 11.3. The highest BCUT2D eigenvalue weighted by molar-refractivity contribution is 5.77. The van der Waals surface area contributed by atoms with Crippen molar-refractivity contribution in [1.29, 1.82) is 0 Å². The first kappa shape index (κ1) is 32.9. The van der Waals surface area contributed by atoms with Gasteiger partial charge in [0.25, 0.3) is 0 Å². The summed E-state index contributed by atoms with van der Waals surface area (Å²) in [6, 6.07) is 3.62. The molecule has 1 rings (SSSR count). The molecule has 0 spiro atoms. The minimum absolute atomic E-state index is 0.0703. The summed E-state index contributed by atoms with van der Waals surface area (Å²) in [6.07, 6.45) is 1.62. The Morgan fingerprint density at radius 2 is 1.45 bits per heavy atom. The lowest BCUT2D eigenvalue weighted by Crippen LogP contribution is -2.37. The van der Waals surface area contributed by atoms with Crippen molar-refractivity contribution in [1.82, 2.24) is 0 Å². The smallest absolute Gasteiger partial charge is 0.458 e. The molecule has 0 heterocycles. The van der Waals surface area contributed by atoms with Crippen LogP contribution in [0.3, 0.4) is 0 Å². The second-order valence-corrected chi connectivity index (χ2v) is 10.1. The van der Waals surface area contributed by atoms with Crippen LogP contribution >= 0.6 is 0 Å². The number of ether oxygens (including phenoxy) is 5. The monoisotopic (exact) mass is 537 g/mol. The van der Waals surface area contributed by atoms with Gasteiger partial charge in [-0.05, 0) is 49.3 Å². The minimum Gasteiger partial charge on any atom is -0.458 e. The number of carbonyl (C=O) groups is 4. The van der Waals surface area contributed by atoms with Gasteiger partial charge in [0.05, 0.1) is 6.61 Å². The zero-order valence-corrected chi connectivity index (χ0v) is 23.4. The third-order valence-electron chi connectivity index (χ3n) is 5.08. The van der Waals surface area contributed by atoms with Gasteiger partial charge in [-0.2, -0.15) is 0 Å². The number of hydrogen-bond donors (Lipinski definition) is 1. The van der Waals surface area contributed by atoms with Crippen LogP contribution in [-0.2, 0) is 35.0 Å². The molecule has 0 aliphatic heterocycles. The highest BCUT2D eigenvalue weighted by Crippen LogP contribution is 2.30. The van der Waals surface area contributed by atoms with Crippen LogP contribution in [-0.4, -0.2) is 49.4 Å². The molecule has 214 valence electrons. The van der Waals surface area contributed by atoms with Crippen LogP contribution in [0.1, 0.15) is 79.2 Å². The Labute approximate surface area is 225 Å². The van der Waals surface area contributed by atoms with Crippen molar-refractivity contribution in [2.75, 3.05) is 13.2 Å². The third-order valence-corrected chi connectivity index (χ3v) is 5.08. The molecule has 1 aromatic rings. The fourth-order valence-corrected chi connectivity index (χ4v) is 3.23.